The zero-order chi connectivity index (χ0) is 16.3. The summed E-state index contributed by atoms with van der Waals surface area (Å²) in [4.78, 5) is 11.9. The van der Waals surface area contributed by atoms with E-state index < -0.39 is 33.5 Å². The third-order valence-corrected chi connectivity index (χ3v) is 5.00. The van der Waals surface area contributed by atoms with E-state index in [0.717, 1.165) is 12.1 Å². The molecule has 1 aliphatic carbocycles. The van der Waals surface area contributed by atoms with E-state index in [1.807, 2.05) is 0 Å². The van der Waals surface area contributed by atoms with Crippen LogP contribution in [-0.4, -0.2) is 33.2 Å². The number of carbonyl (C=O) groups excluding carboxylic acids is 1. The highest BCUT2D eigenvalue weighted by Crippen LogP contribution is 2.49. The van der Waals surface area contributed by atoms with Crippen molar-refractivity contribution in [3.05, 3.63) is 35.4 Å². The van der Waals surface area contributed by atoms with E-state index in [-0.39, 0.29) is 30.3 Å². The number of hydrogen-bond acceptors (Lipinski definition) is 3. The molecule has 1 aliphatic rings. The van der Waals surface area contributed by atoms with Gasteiger partial charge >= 0.3 is 0 Å². The molecule has 0 aromatic heterocycles. The van der Waals surface area contributed by atoms with Crippen LogP contribution in [-0.2, 0) is 14.8 Å². The monoisotopic (exact) mass is 332 g/mol. The van der Waals surface area contributed by atoms with Crippen LogP contribution in [0.25, 0.3) is 0 Å². The van der Waals surface area contributed by atoms with Crippen LogP contribution in [0, 0.1) is 17.6 Å². The Hall–Kier alpha value is -1.54. The molecule has 0 bridgehead atoms. The lowest BCUT2D eigenvalue weighted by atomic mass is 10.1. The fraction of sp³-hybridized carbons (Fsp3) is 0.500. The van der Waals surface area contributed by atoms with E-state index in [2.05, 4.69) is 10.0 Å². The zero-order valence-corrected chi connectivity index (χ0v) is 12.9. The summed E-state index contributed by atoms with van der Waals surface area (Å²) in [5, 5.41) is 2.49. The van der Waals surface area contributed by atoms with Gasteiger partial charge in [0.2, 0.25) is 15.9 Å². The van der Waals surface area contributed by atoms with Crippen molar-refractivity contribution >= 4 is 15.9 Å². The number of benzene rings is 1. The minimum absolute atomic E-state index is 0.0306. The number of amides is 1. The van der Waals surface area contributed by atoms with Crippen molar-refractivity contribution in [3.8, 4) is 0 Å². The van der Waals surface area contributed by atoms with E-state index in [9.17, 15) is 22.0 Å². The molecule has 0 heterocycles. The summed E-state index contributed by atoms with van der Waals surface area (Å²) < 4.78 is 52.4. The van der Waals surface area contributed by atoms with E-state index in [1.165, 1.54) is 6.07 Å². The molecule has 1 aromatic carbocycles. The van der Waals surface area contributed by atoms with Gasteiger partial charge in [0.05, 0.1) is 5.75 Å². The van der Waals surface area contributed by atoms with Crippen LogP contribution in [0.4, 0.5) is 8.78 Å². The molecule has 1 aromatic rings. The number of hydrogen-bond donors (Lipinski definition) is 2. The minimum Gasteiger partial charge on any atom is -0.355 e. The summed E-state index contributed by atoms with van der Waals surface area (Å²) in [5.41, 5.74) is -0.0667. The quantitative estimate of drug-likeness (QED) is 0.786. The third kappa shape index (κ3) is 4.01. The molecule has 8 heteroatoms. The Bertz CT molecular complexity index is 644. The van der Waals surface area contributed by atoms with Crippen molar-refractivity contribution in [2.75, 3.05) is 18.8 Å². The second-order valence-electron chi connectivity index (χ2n) is 5.19. The average Bonchev–Trinajstić information content (AvgIpc) is 3.18. The van der Waals surface area contributed by atoms with Gasteiger partial charge in [-0.1, -0.05) is 13.0 Å². The largest absolute Gasteiger partial charge is 0.355 e. The van der Waals surface area contributed by atoms with Crippen LogP contribution < -0.4 is 10.0 Å². The first-order valence-corrected chi connectivity index (χ1v) is 8.70. The predicted octanol–water partition coefficient (Wildman–Crippen LogP) is 1.12. The lowest BCUT2D eigenvalue weighted by Crippen LogP contribution is -2.35. The Kier molecular flexibility index (Phi) is 5.12. The van der Waals surface area contributed by atoms with Crippen LogP contribution in [0.2, 0.25) is 0 Å². The van der Waals surface area contributed by atoms with Gasteiger partial charge in [-0.3, -0.25) is 4.79 Å². The Morgan fingerprint density at radius 2 is 1.95 bits per heavy atom. The lowest BCUT2D eigenvalue weighted by molar-refractivity contribution is -0.122. The Balaban J connectivity index is 1.87. The fourth-order valence-electron chi connectivity index (χ4n) is 2.40. The highest BCUT2D eigenvalue weighted by atomic mass is 32.2. The molecule has 22 heavy (non-hydrogen) atoms. The predicted molar refractivity (Wildman–Crippen MR) is 77.7 cm³/mol. The number of rotatable bonds is 7. The van der Waals surface area contributed by atoms with Crippen molar-refractivity contribution in [2.24, 2.45) is 5.92 Å². The molecule has 1 fully saturated rings. The molecule has 2 N–H and O–H groups in total. The van der Waals surface area contributed by atoms with Gasteiger partial charge in [-0.05, 0) is 18.6 Å². The first kappa shape index (κ1) is 16.8. The molecular formula is C14H18F2N2O3S. The van der Waals surface area contributed by atoms with Crippen molar-refractivity contribution in [1.82, 2.24) is 10.0 Å². The average molecular weight is 332 g/mol. The van der Waals surface area contributed by atoms with Gasteiger partial charge in [-0.2, -0.15) is 0 Å². The Morgan fingerprint density at radius 1 is 1.32 bits per heavy atom. The molecule has 2 atom stereocenters. The summed E-state index contributed by atoms with van der Waals surface area (Å²) in [6, 6.07) is 3.60. The standard InChI is InChI=1S/C14H18F2N2O3S/c1-2-18-22(20,21)7-6-17-14(19)10-8-9(10)13-11(15)4-3-5-12(13)16/h3-5,9-10,18H,2,6-8H2,1H3,(H,17,19). The van der Waals surface area contributed by atoms with Crippen molar-refractivity contribution in [3.63, 3.8) is 0 Å². The molecule has 0 saturated heterocycles. The molecular weight excluding hydrogens is 314 g/mol. The first-order chi connectivity index (χ1) is 10.4. The highest BCUT2D eigenvalue weighted by molar-refractivity contribution is 7.89. The van der Waals surface area contributed by atoms with Crippen LogP contribution in [0.15, 0.2) is 18.2 Å². The van der Waals surface area contributed by atoms with Gasteiger partial charge in [0.1, 0.15) is 11.6 Å². The van der Waals surface area contributed by atoms with Crippen LogP contribution in [0.1, 0.15) is 24.8 Å². The van der Waals surface area contributed by atoms with Gasteiger partial charge < -0.3 is 5.32 Å². The lowest BCUT2D eigenvalue weighted by Gasteiger charge is -2.07. The molecule has 1 saturated carbocycles. The maximum atomic E-state index is 13.6. The molecule has 0 aliphatic heterocycles. The second-order valence-corrected chi connectivity index (χ2v) is 7.12. The van der Waals surface area contributed by atoms with E-state index in [0.29, 0.717) is 6.42 Å². The van der Waals surface area contributed by atoms with Crippen LogP contribution >= 0.6 is 0 Å². The van der Waals surface area contributed by atoms with Gasteiger partial charge in [0.25, 0.3) is 0 Å². The van der Waals surface area contributed by atoms with Gasteiger partial charge in [0.15, 0.2) is 0 Å². The number of nitrogens with one attached hydrogen (secondary N) is 2. The molecule has 0 spiro atoms. The molecule has 5 nitrogen and oxygen atoms in total. The van der Waals surface area contributed by atoms with Gasteiger partial charge in [0, 0.05) is 30.5 Å². The topological polar surface area (TPSA) is 75.3 Å². The molecule has 2 unspecified atom stereocenters. The molecule has 1 amide bonds. The van der Waals surface area contributed by atoms with Crippen molar-refractivity contribution < 1.29 is 22.0 Å². The van der Waals surface area contributed by atoms with Gasteiger partial charge in [-0.25, -0.2) is 21.9 Å². The zero-order valence-electron chi connectivity index (χ0n) is 12.1. The summed E-state index contributed by atoms with van der Waals surface area (Å²) in [5.74, 6) is -2.90. The highest BCUT2D eigenvalue weighted by Gasteiger charge is 2.46. The normalized spacial score (nSPS) is 20.7. The molecule has 122 valence electrons. The molecule has 2 rings (SSSR count). The van der Waals surface area contributed by atoms with Crippen LogP contribution in [0.5, 0.6) is 0 Å². The van der Waals surface area contributed by atoms with E-state index in [4.69, 9.17) is 0 Å². The second kappa shape index (κ2) is 6.70. The van der Waals surface area contributed by atoms with E-state index >= 15 is 0 Å². The number of sulfonamides is 1. The number of halogens is 2. The summed E-state index contributed by atoms with van der Waals surface area (Å²) in [6.45, 7) is 1.92. The van der Waals surface area contributed by atoms with Crippen molar-refractivity contribution in [2.45, 2.75) is 19.3 Å². The Morgan fingerprint density at radius 3 is 2.55 bits per heavy atom. The Labute approximate surface area is 128 Å². The SMILES string of the molecule is CCNS(=O)(=O)CCNC(=O)C1CC1c1c(F)cccc1F. The van der Waals surface area contributed by atoms with Crippen LogP contribution in [0.3, 0.4) is 0 Å². The van der Waals surface area contributed by atoms with Gasteiger partial charge in [-0.15, -0.1) is 0 Å². The van der Waals surface area contributed by atoms with Crippen molar-refractivity contribution in [1.29, 1.82) is 0 Å². The summed E-state index contributed by atoms with van der Waals surface area (Å²) >= 11 is 0. The summed E-state index contributed by atoms with van der Waals surface area (Å²) in [7, 11) is -3.40. The molecule has 0 radical (unpaired) electrons. The first-order valence-electron chi connectivity index (χ1n) is 7.04. The third-order valence-electron chi connectivity index (χ3n) is 3.53. The minimum atomic E-state index is -3.40. The fourth-order valence-corrected chi connectivity index (χ4v) is 3.36. The van der Waals surface area contributed by atoms with E-state index in [1.54, 1.807) is 6.92 Å². The summed E-state index contributed by atoms with van der Waals surface area (Å²) in [6.07, 6.45) is 0.365. The number of carbonyl (C=O) groups is 1. The maximum Gasteiger partial charge on any atom is 0.223 e. The smallest absolute Gasteiger partial charge is 0.223 e. The maximum absolute atomic E-state index is 13.6.